The minimum Gasteiger partial charge on any atom is -0.495 e. The quantitative estimate of drug-likeness (QED) is 0.630. The van der Waals surface area contributed by atoms with Crippen LogP contribution in [0, 0.1) is 0 Å². The monoisotopic (exact) mass is 237 g/mol. The van der Waals surface area contributed by atoms with Crippen LogP contribution in [0.4, 0.5) is 5.69 Å². The van der Waals surface area contributed by atoms with Crippen molar-refractivity contribution in [2.24, 2.45) is 0 Å². The van der Waals surface area contributed by atoms with E-state index in [0.717, 1.165) is 0 Å². The molecule has 0 aliphatic rings. The number of amides is 2. The summed E-state index contributed by atoms with van der Waals surface area (Å²) in [4.78, 5) is 22.6. The summed E-state index contributed by atoms with van der Waals surface area (Å²) in [5.41, 5.74) is 6.42. The number of carbonyl (C=O) groups excluding carboxylic acids is 2. The van der Waals surface area contributed by atoms with Crippen molar-refractivity contribution in [2.75, 3.05) is 26.4 Å². The first-order chi connectivity index (χ1) is 8.08. The highest BCUT2D eigenvalue weighted by Crippen LogP contribution is 2.21. The summed E-state index contributed by atoms with van der Waals surface area (Å²) in [6.45, 7) is -0.0682. The minimum absolute atomic E-state index is 0.0682. The van der Waals surface area contributed by atoms with Crippen molar-refractivity contribution in [3.8, 4) is 5.75 Å². The third-order valence-corrected chi connectivity index (χ3v) is 2.18. The molecule has 0 saturated carbocycles. The highest BCUT2D eigenvalue weighted by Gasteiger charge is 2.09. The zero-order valence-electron chi connectivity index (χ0n) is 9.74. The molecular formula is C11H15N3O3. The summed E-state index contributed by atoms with van der Waals surface area (Å²) in [5, 5.41) is 4.87. The van der Waals surface area contributed by atoms with Gasteiger partial charge in [0.2, 0.25) is 5.91 Å². The van der Waals surface area contributed by atoms with Crippen molar-refractivity contribution < 1.29 is 14.3 Å². The Bertz CT molecular complexity index is 432. The normalized spacial score (nSPS) is 9.53. The standard InChI is InChI=1S/C11H15N3O3/c1-13-10(15)6-14-11(16)7-3-4-9(17-2)8(12)5-7/h3-5H,6,12H2,1-2H3,(H,13,15)(H,14,16). The maximum Gasteiger partial charge on any atom is 0.251 e. The summed E-state index contributed by atoms with van der Waals surface area (Å²) >= 11 is 0. The summed E-state index contributed by atoms with van der Waals surface area (Å²) in [5.74, 6) is -0.115. The first kappa shape index (κ1) is 12.8. The number of hydrogen-bond acceptors (Lipinski definition) is 4. The fourth-order valence-corrected chi connectivity index (χ4v) is 1.23. The van der Waals surface area contributed by atoms with Gasteiger partial charge in [-0.15, -0.1) is 0 Å². The molecule has 0 aliphatic heterocycles. The number of hydrogen-bond donors (Lipinski definition) is 3. The van der Waals surface area contributed by atoms with Gasteiger partial charge in [-0.2, -0.15) is 0 Å². The molecule has 6 heteroatoms. The number of ether oxygens (including phenoxy) is 1. The van der Waals surface area contributed by atoms with Crippen LogP contribution in [0.25, 0.3) is 0 Å². The lowest BCUT2D eigenvalue weighted by Gasteiger charge is -2.07. The van der Waals surface area contributed by atoms with Crippen LogP contribution in [0.5, 0.6) is 5.75 Å². The number of methoxy groups -OCH3 is 1. The zero-order valence-corrected chi connectivity index (χ0v) is 9.74. The third-order valence-electron chi connectivity index (χ3n) is 2.18. The van der Waals surface area contributed by atoms with Gasteiger partial charge < -0.3 is 21.1 Å². The van der Waals surface area contributed by atoms with E-state index >= 15 is 0 Å². The molecule has 0 fully saturated rings. The lowest BCUT2D eigenvalue weighted by atomic mass is 10.2. The van der Waals surface area contributed by atoms with Gasteiger partial charge in [0.15, 0.2) is 0 Å². The van der Waals surface area contributed by atoms with E-state index in [9.17, 15) is 9.59 Å². The van der Waals surface area contributed by atoms with Crippen LogP contribution in [-0.4, -0.2) is 32.5 Å². The molecule has 2 amide bonds. The second-order valence-corrected chi connectivity index (χ2v) is 3.31. The molecule has 0 aromatic heterocycles. The average Bonchev–Trinajstić information content (AvgIpc) is 2.35. The third kappa shape index (κ3) is 3.37. The number of benzene rings is 1. The zero-order chi connectivity index (χ0) is 12.8. The van der Waals surface area contributed by atoms with Crippen molar-refractivity contribution in [3.05, 3.63) is 23.8 Å². The second kappa shape index (κ2) is 5.74. The number of carbonyl (C=O) groups is 2. The molecule has 1 rings (SSSR count). The number of nitrogen functional groups attached to an aromatic ring is 1. The predicted molar refractivity (Wildman–Crippen MR) is 63.8 cm³/mol. The van der Waals surface area contributed by atoms with Crippen molar-refractivity contribution in [1.82, 2.24) is 10.6 Å². The Hall–Kier alpha value is -2.24. The summed E-state index contributed by atoms with van der Waals surface area (Å²) in [7, 11) is 3.00. The van der Waals surface area contributed by atoms with Gasteiger partial charge in [-0.05, 0) is 18.2 Å². The highest BCUT2D eigenvalue weighted by atomic mass is 16.5. The smallest absolute Gasteiger partial charge is 0.251 e. The average molecular weight is 237 g/mol. The van der Waals surface area contributed by atoms with E-state index in [-0.39, 0.29) is 18.4 Å². The van der Waals surface area contributed by atoms with Crippen LogP contribution < -0.4 is 21.1 Å². The molecule has 1 aromatic carbocycles. The SMILES string of the molecule is CNC(=O)CNC(=O)c1ccc(OC)c(N)c1. The van der Waals surface area contributed by atoms with Crippen LogP contribution in [0.3, 0.4) is 0 Å². The number of nitrogens with one attached hydrogen (secondary N) is 2. The minimum atomic E-state index is -0.358. The Balaban J connectivity index is 2.69. The van der Waals surface area contributed by atoms with Crippen molar-refractivity contribution >= 4 is 17.5 Å². The van der Waals surface area contributed by atoms with E-state index < -0.39 is 0 Å². The lowest BCUT2D eigenvalue weighted by molar-refractivity contribution is -0.119. The molecule has 6 nitrogen and oxygen atoms in total. The maximum atomic E-state index is 11.6. The fraction of sp³-hybridized carbons (Fsp3) is 0.273. The van der Waals surface area contributed by atoms with Gasteiger partial charge in [0.1, 0.15) is 5.75 Å². The molecule has 4 N–H and O–H groups in total. The van der Waals surface area contributed by atoms with Crippen LogP contribution in [0.15, 0.2) is 18.2 Å². The van der Waals surface area contributed by atoms with Gasteiger partial charge in [-0.3, -0.25) is 9.59 Å². The summed E-state index contributed by atoms with van der Waals surface area (Å²) in [6.07, 6.45) is 0. The molecule has 0 aliphatic carbocycles. The number of rotatable bonds is 4. The molecule has 0 atom stereocenters. The number of nitrogens with two attached hydrogens (primary N) is 1. The molecule has 0 heterocycles. The first-order valence-corrected chi connectivity index (χ1v) is 5.00. The van der Waals surface area contributed by atoms with E-state index in [1.807, 2.05) is 0 Å². The summed E-state index contributed by atoms with van der Waals surface area (Å²) in [6, 6.07) is 4.68. The predicted octanol–water partition coefficient (Wildman–Crippen LogP) is -0.247. The number of likely N-dealkylation sites (N-methyl/N-ethyl adjacent to an activating group) is 1. The lowest BCUT2D eigenvalue weighted by Crippen LogP contribution is -2.35. The second-order valence-electron chi connectivity index (χ2n) is 3.31. The first-order valence-electron chi connectivity index (χ1n) is 5.00. The highest BCUT2D eigenvalue weighted by molar-refractivity contribution is 5.97. The molecule has 17 heavy (non-hydrogen) atoms. The Morgan fingerprint density at radius 1 is 1.41 bits per heavy atom. The largest absolute Gasteiger partial charge is 0.495 e. The van der Waals surface area contributed by atoms with Crippen LogP contribution in [-0.2, 0) is 4.79 Å². The Kier molecular flexibility index (Phi) is 4.33. The molecule has 1 aromatic rings. The van der Waals surface area contributed by atoms with Gasteiger partial charge in [0.25, 0.3) is 5.91 Å². The van der Waals surface area contributed by atoms with Crippen LogP contribution in [0.1, 0.15) is 10.4 Å². The Morgan fingerprint density at radius 2 is 2.12 bits per heavy atom. The van der Waals surface area contributed by atoms with Gasteiger partial charge in [0, 0.05) is 12.6 Å². The van der Waals surface area contributed by atoms with E-state index in [4.69, 9.17) is 10.5 Å². The number of anilines is 1. The van der Waals surface area contributed by atoms with E-state index in [1.54, 1.807) is 12.1 Å². The van der Waals surface area contributed by atoms with Crippen molar-refractivity contribution in [1.29, 1.82) is 0 Å². The van der Waals surface area contributed by atoms with Gasteiger partial charge in [-0.25, -0.2) is 0 Å². The van der Waals surface area contributed by atoms with Gasteiger partial charge >= 0.3 is 0 Å². The molecule has 92 valence electrons. The maximum absolute atomic E-state index is 11.6. The van der Waals surface area contributed by atoms with Crippen LogP contribution in [0.2, 0.25) is 0 Å². The van der Waals surface area contributed by atoms with Crippen molar-refractivity contribution in [3.63, 3.8) is 0 Å². The molecule has 0 unspecified atom stereocenters. The molecule has 0 spiro atoms. The molecule has 0 bridgehead atoms. The fourth-order valence-electron chi connectivity index (χ4n) is 1.23. The molecular weight excluding hydrogens is 222 g/mol. The van der Waals surface area contributed by atoms with Gasteiger partial charge in [0.05, 0.1) is 19.3 Å². The van der Waals surface area contributed by atoms with Gasteiger partial charge in [-0.1, -0.05) is 0 Å². The molecule has 0 radical (unpaired) electrons. The topological polar surface area (TPSA) is 93.5 Å². The van der Waals surface area contributed by atoms with Crippen LogP contribution >= 0.6 is 0 Å². The van der Waals surface area contributed by atoms with Crippen molar-refractivity contribution in [2.45, 2.75) is 0 Å². The van der Waals surface area contributed by atoms with E-state index in [0.29, 0.717) is 17.0 Å². The molecule has 0 saturated heterocycles. The Morgan fingerprint density at radius 3 is 2.65 bits per heavy atom. The summed E-state index contributed by atoms with van der Waals surface area (Å²) < 4.78 is 4.97. The van der Waals surface area contributed by atoms with E-state index in [2.05, 4.69) is 10.6 Å². The van der Waals surface area contributed by atoms with E-state index in [1.165, 1.54) is 20.2 Å². The Labute approximate surface area is 99.1 Å².